The van der Waals surface area contributed by atoms with E-state index in [2.05, 4.69) is 26.8 Å². The molecule has 0 aromatic carbocycles. The molecular weight excluding hydrogens is 347 g/mol. The molecule has 0 N–H and O–H groups in total. The van der Waals surface area contributed by atoms with Crippen LogP contribution in [0.5, 0.6) is 0 Å². The van der Waals surface area contributed by atoms with Gasteiger partial charge in [0.2, 0.25) is 0 Å². The van der Waals surface area contributed by atoms with E-state index in [4.69, 9.17) is 0 Å². The number of halogens is 1. The van der Waals surface area contributed by atoms with E-state index in [1.54, 1.807) is 6.08 Å². The molecule has 3 fully saturated rings. The third-order valence-corrected chi connectivity index (χ3v) is 9.53. The van der Waals surface area contributed by atoms with Crippen LogP contribution in [0.3, 0.4) is 0 Å². The molecule has 0 saturated heterocycles. The summed E-state index contributed by atoms with van der Waals surface area (Å²) in [6.07, 6.45) is 12.0. The number of thioether (sulfide) groups is 1. The number of rotatable bonds is 2. The fraction of sp³-hybridized carbons (Fsp3) is 0.727. The Balaban J connectivity index is 1.69. The molecule has 6 atom stereocenters. The Morgan fingerprint density at radius 2 is 1.96 bits per heavy atom. The van der Waals surface area contributed by atoms with Crippen LogP contribution in [0.25, 0.3) is 0 Å². The highest BCUT2D eigenvalue weighted by molar-refractivity contribution is 8.13. The Morgan fingerprint density at radius 3 is 2.69 bits per heavy atom. The first-order chi connectivity index (χ1) is 12.3. The average Bonchev–Trinajstić information content (AvgIpc) is 2.94. The second-order valence-electron chi connectivity index (χ2n) is 9.48. The van der Waals surface area contributed by atoms with Crippen molar-refractivity contribution in [1.29, 1.82) is 0 Å². The summed E-state index contributed by atoms with van der Waals surface area (Å²) in [7, 11) is 0. The van der Waals surface area contributed by atoms with Crippen LogP contribution in [0, 0.1) is 34.0 Å². The summed E-state index contributed by atoms with van der Waals surface area (Å²) in [5.41, 5.74) is 1.38. The summed E-state index contributed by atoms with van der Waals surface area (Å²) >= 11 is 0.866. The van der Waals surface area contributed by atoms with Crippen LogP contribution in [0.15, 0.2) is 23.8 Å². The van der Waals surface area contributed by atoms with Gasteiger partial charge in [0.1, 0.15) is 6.01 Å². The van der Waals surface area contributed by atoms with Crippen LogP contribution < -0.4 is 0 Å². The van der Waals surface area contributed by atoms with Crippen LogP contribution >= 0.6 is 11.8 Å². The van der Waals surface area contributed by atoms with Crippen molar-refractivity contribution >= 4 is 22.7 Å². The minimum atomic E-state index is -0.609. The van der Waals surface area contributed by atoms with Gasteiger partial charge in [0.05, 0.1) is 0 Å². The molecule has 0 amide bonds. The van der Waals surface area contributed by atoms with Gasteiger partial charge in [-0.25, -0.2) is 4.39 Å². The first-order valence-corrected chi connectivity index (χ1v) is 10.9. The second kappa shape index (κ2) is 6.05. The van der Waals surface area contributed by atoms with Gasteiger partial charge in [-0.3, -0.25) is 9.59 Å². The first kappa shape index (κ1) is 18.5. The highest BCUT2D eigenvalue weighted by atomic mass is 32.2. The minimum Gasteiger partial charge on any atom is -0.290 e. The lowest BCUT2D eigenvalue weighted by Gasteiger charge is -2.63. The molecular formula is C22H29FO2S. The molecule has 4 aliphatic carbocycles. The summed E-state index contributed by atoms with van der Waals surface area (Å²) in [5.74, 6) is 1.22. The van der Waals surface area contributed by atoms with Gasteiger partial charge in [0.15, 0.2) is 10.9 Å². The van der Waals surface area contributed by atoms with Crippen molar-refractivity contribution in [2.45, 2.75) is 59.3 Å². The zero-order valence-corrected chi connectivity index (χ0v) is 16.8. The molecule has 0 unspecified atom stereocenters. The van der Waals surface area contributed by atoms with Crippen molar-refractivity contribution in [3.8, 4) is 0 Å². The maximum Gasteiger partial charge on any atom is 0.195 e. The maximum absolute atomic E-state index is 12.7. The van der Waals surface area contributed by atoms with E-state index in [1.807, 2.05) is 6.08 Å². The van der Waals surface area contributed by atoms with Crippen LogP contribution in [-0.4, -0.2) is 16.9 Å². The van der Waals surface area contributed by atoms with E-state index in [9.17, 15) is 14.0 Å². The number of carbonyl (C=O) groups is 2. The summed E-state index contributed by atoms with van der Waals surface area (Å²) in [6, 6.07) is -0.609. The molecule has 0 spiro atoms. The Bertz CT molecular complexity index is 713. The van der Waals surface area contributed by atoms with Crippen molar-refractivity contribution in [2.75, 3.05) is 6.01 Å². The fourth-order valence-electron chi connectivity index (χ4n) is 7.07. The molecule has 3 saturated carbocycles. The van der Waals surface area contributed by atoms with E-state index in [0.717, 1.165) is 50.3 Å². The van der Waals surface area contributed by atoms with E-state index in [-0.39, 0.29) is 33.1 Å². The third kappa shape index (κ3) is 2.30. The lowest BCUT2D eigenvalue weighted by molar-refractivity contribution is -0.127. The highest BCUT2D eigenvalue weighted by Crippen LogP contribution is 2.71. The molecule has 4 heteroatoms. The van der Waals surface area contributed by atoms with Gasteiger partial charge in [-0.1, -0.05) is 44.2 Å². The van der Waals surface area contributed by atoms with Crippen LogP contribution in [0.4, 0.5) is 4.39 Å². The SMILES string of the molecule is C[C@]12CC[C@@]3(C)[C@@H](CCC4=CC(=O)C=C[C@@]43C)[C@@H]1CC[C@@H]2C(=O)SCF. The van der Waals surface area contributed by atoms with Crippen LogP contribution in [-0.2, 0) is 9.59 Å². The van der Waals surface area contributed by atoms with Gasteiger partial charge in [-0.2, -0.15) is 0 Å². The number of hydrogen-bond donors (Lipinski definition) is 0. The lowest BCUT2D eigenvalue weighted by Crippen LogP contribution is -2.56. The van der Waals surface area contributed by atoms with E-state index >= 15 is 0 Å². The van der Waals surface area contributed by atoms with Crippen molar-refractivity contribution in [3.63, 3.8) is 0 Å². The van der Waals surface area contributed by atoms with Gasteiger partial charge < -0.3 is 0 Å². The van der Waals surface area contributed by atoms with Crippen molar-refractivity contribution in [1.82, 2.24) is 0 Å². The lowest BCUT2D eigenvalue weighted by atomic mass is 9.41. The van der Waals surface area contributed by atoms with Crippen LogP contribution in [0.2, 0.25) is 0 Å². The Hall–Kier alpha value is -0.900. The molecule has 0 heterocycles. The molecule has 0 aliphatic heterocycles. The molecule has 0 bridgehead atoms. The second-order valence-corrected chi connectivity index (χ2v) is 10.4. The molecule has 2 nitrogen and oxygen atoms in total. The number of alkyl halides is 1. The molecule has 26 heavy (non-hydrogen) atoms. The molecule has 4 aliphatic rings. The highest BCUT2D eigenvalue weighted by Gasteiger charge is 2.64. The van der Waals surface area contributed by atoms with E-state index in [0.29, 0.717) is 11.8 Å². The third-order valence-electron chi connectivity index (χ3n) is 8.85. The Labute approximate surface area is 160 Å². The first-order valence-electron chi connectivity index (χ1n) is 9.93. The van der Waals surface area contributed by atoms with Crippen LogP contribution in [0.1, 0.15) is 59.3 Å². The smallest absolute Gasteiger partial charge is 0.195 e. The molecule has 4 rings (SSSR count). The standard InChI is InChI=1S/C22H29FO2S/c1-20-10-11-22(3)17(16(20)6-7-18(20)19(25)26-13-23)5-4-14-12-15(24)8-9-21(14,22)2/h8-9,12,16-18H,4-7,10-11,13H2,1-3H3/t16-,17-,18+,20-,21-,22-/m0/s1. The predicted molar refractivity (Wildman–Crippen MR) is 103 cm³/mol. The number of carbonyl (C=O) groups excluding carboxylic acids is 2. The van der Waals surface area contributed by atoms with Crippen molar-refractivity contribution in [2.24, 2.45) is 34.0 Å². The molecule has 0 aromatic rings. The van der Waals surface area contributed by atoms with E-state index < -0.39 is 6.01 Å². The summed E-state index contributed by atoms with van der Waals surface area (Å²) in [6.45, 7) is 7.02. The van der Waals surface area contributed by atoms with Gasteiger partial charge in [-0.15, -0.1) is 0 Å². The monoisotopic (exact) mass is 376 g/mol. The predicted octanol–water partition coefficient (Wildman–Crippen LogP) is 5.49. The maximum atomic E-state index is 12.7. The van der Waals surface area contributed by atoms with Crippen molar-refractivity contribution in [3.05, 3.63) is 23.8 Å². The topological polar surface area (TPSA) is 34.1 Å². The zero-order chi connectivity index (χ0) is 18.7. The quantitative estimate of drug-likeness (QED) is 0.639. The van der Waals surface area contributed by atoms with Crippen molar-refractivity contribution < 1.29 is 14.0 Å². The number of allylic oxidation sites excluding steroid dienone is 4. The van der Waals surface area contributed by atoms with Gasteiger partial charge in [0.25, 0.3) is 0 Å². The zero-order valence-electron chi connectivity index (χ0n) is 16.0. The Kier molecular flexibility index (Phi) is 4.30. The molecule has 0 aromatic heterocycles. The summed E-state index contributed by atoms with van der Waals surface area (Å²) in [4.78, 5) is 24.4. The van der Waals surface area contributed by atoms with Gasteiger partial charge >= 0.3 is 0 Å². The largest absolute Gasteiger partial charge is 0.290 e. The molecule has 0 radical (unpaired) electrons. The fourth-order valence-corrected chi connectivity index (χ4v) is 7.77. The number of hydrogen-bond acceptors (Lipinski definition) is 3. The van der Waals surface area contributed by atoms with Gasteiger partial charge in [-0.05, 0) is 73.3 Å². The molecule has 142 valence electrons. The number of fused-ring (bicyclic) bond motifs is 5. The average molecular weight is 377 g/mol. The normalized spacial score (nSPS) is 47.0. The number of ketones is 1. The summed E-state index contributed by atoms with van der Waals surface area (Å²) < 4.78 is 12.7. The van der Waals surface area contributed by atoms with E-state index in [1.165, 1.54) is 5.57 Å². The minimum absolute atomic E-state index is 0.00557. The van der Waals surface area contributed by atoms with Gasteiger partial charge in [0, 0.05) is 11.3 Å². The summed E-state index contributed by atoms with van der Waals surface area (Å²) in [5, 5.41) is 0.0619. The Morgan fingerprint density at radius 1 is 1.19 bits per heavy atom.